The van der Waals surface area contributed by atoms with Gasteiger partial charge < -0.3 is 25.4 Å². The van der Waals surface area contributed by atoms with E-state index in [1.54, 1.807) is 76.8 Å². The molecule has 20 heteroatoms. The molecule has 80 heavy (non-hydrogen) atoms. The third kappa shape index (κ3) is 8.85. The van der Waals surface area contributed by atoms with Crippen LogP contribution in [0.3, 0.4) is 0 Å². The van der Waals surface area contributed by atoms with Crippen LogP contribution >= 0.6 is 47.2 Å². The zero-order valence-electron chi connectivity index (χ0n) is 40.9. The Morgan fingerprint density at radius 2 is 0.725 bits per heavy atom. The van der Waals surface area contributed by atoms with Crippen LogP contribution in [0.1, 0.15) is 41.4 Å². The Balaban J connectivity index is 1.21. The van der Waals surface area contributed by atoms with Crippen LogP contribution in [0.2, 0.25) is 0 Å². The smallest absolute Gasteiger partial charge is 0.336 e. The molecule has 16 nitrogen and oxygen atoms in total. The van der Waals surface area contributed by atoms with E-state index in [0.717, 1.165) is 47.2 Å². The minimum atomic E-state index is -1.18. The molecular weight excluding hydrogens is 1090 g/mol. The molecule has 0 atom stereocenters. The minimum Gasteiger partial charge on any atom is -0.478 e. The number of nitrogens with zero attached hydrogens (tertiary/aromatic N) is 7. The van der Waals surface area contributed by atoms with Crippen LogP contribution in [0.4, 0.5) is 0 Å². The summed E-state index contributed by atoms with van der Waals surface area (Å²) in [6.45, 7) is 0. The van der Waals surface area contributed by atoms with Crippen molar-refractivity contribution < 1.29 is 39.6 Å². The topological polar surface area (TPSA) is 247 Å². The average Bonchev–Trinajstić information content (AvgIpc) is 4.34. The summed E-state index contributed by atoms with van der Waals surface area (Å²) in [5, 5.41) is 44.4. The second-order valence-corrected chi connectivity index (χ2v) is 22.1. The minimum absolute atomic E-state index is 0.00271. The predicted molar refractivity (Wildman–Crippen MR) is 307 cm³/mol. The van der Waals surface area contributed by atoms with Gasteiger partial charge in [-0.1, -0.05) is 157 Å². The van der Waals surface area contributed by atoms with E-state index in [1.165, 1.54) is 24.3 Å². The average molecular weight is 1120 g/mol. The Morgan fingerprint density at radius 3 is 1.19 bits per heavy atom. The van der Waals surface area contributed by atoms with Crippen molar-refractivity contribution in [1.29, 1.82) is 0 Å². The first-order valence-corrected chi connectivity index (χ1v) is 27.5. The largest absolute Gasteiger partial charge is 0.478 e. The fraction of sp³-hybridized carbons (Fsp3) is 0. The van der Waals surface area contributed by atoms with Gasteiger partial charge in [0, 0.05) is 78.1 Å². The van der Waals surface area contributed by atoms with E-state index in [1.807, 2.05) is 78.9 Å². The van der Waals surface area contributed by atoms with Crippen LogP contribution in [0.15, 0.2) is 210 Å². The molecular formula is C60H34N8O8S4. The van der Waals surface area contributed by atoms with Crippen molar-refractivity contribution in [3.05, 3.63) is 198 Å². The predicted octanol–water partition coefficient (Wildman–Crippen LogP) is 14.1. The molecule has 0 aliphatic carbocycles. The lowest BCUT2D eigenvalue weighted by atomic mass is 10.1. The van der Waals surface area contributed by atoms with E-state index < -0.39 is 23.9 Å². The summed E-state index contributed by atoms with van der Waals surface area (Å²) in [6, 6.07) is 50.7. The highest BCUT2D eigenvalue weighted by Gasteiger charge is 2.29. The SMILES string of the molecule is O=C(O)c1ccccc1Sc1cc2c3nc4nc(nc5c6ccccc6c(nc6nc(nc([nH]3)c2c(Sc2ccccc2C(=O)O)c1Sc1ccccc1C(=O)O)-c1ccccc1-6)n5Sc1ccccc1C(=O)O)-c1ccccc1-4. The number of rotatable bonds is 12. The van der Waals surface area contributed by atoms with E-state index in [4.69, 9.17) is 29.9 Å². The summed E-state index contributed by atoms with van der Waals surface area (Å²) in [5.74, 6) is -3.53. The maximum Gasteiger partial charge on any atom is 0.336 e. The van der Waals surface area contributed by atoms with Gasteiger partial charge in [-0.25, -0.2) is 53.1 Å². The Labute approximate surface area is 468 Å². The molecule has 386 valence electrons. The van der Waals surface area contributed by atoms with E-state index in [2.05, 4.69) is 4.98 Å². The molecule has 0 saturated carbocycles. The Kier molecular flexibility index (Phi) is 12.7. The van der Waals surface area contributed by atoms with E-state index in [0.29, 0.717) is 95.2 Å². The van der Waals surface area contributed by atoms with Gasteiger partial charge in [0.1, 0.15) is 11.3 Å². The molecule has 0 spiro atoms. The van der Waals surface area contributed by atoms with Crippen molar-refractivity contribution in [2.24, 2.45) is 0 Å². The molecule has 2 aliphatic rings. The molecule has 5 heterocycles. The molecule has 0 saturated heterocycles. The van der Waals surface area contributed by atoms with Crippen LogP contribution < -0.4 is 0 Å². The summed E-state index contributed by atoms with van der Waals surface area (Å²) in [7, 11) is 0. The summed E-state index contributed by atoms with van der Waals surface area (Å²) in [6.07, 6.45) is 0. The quantitative estimate of drug-likeness (QED) is 0.0763. The molecule has 2 aliphatic heterocycles. The number of carboxylic acid groups (broad SMARTS) is 4. The summed E-state index contributed by atoms with van der Waals surface area (Å²) in [5.41, 5.74) is 3.96. The third-order valence-corrected chi connectivity index (χ3v) is 18.0. The Bertz CT molecular complexity index is 4680. The highest BCUT2D eigenvalue weighted by Crippen LogP contribution is 2.52. The summed E-state index contributed by atoms with van der Waals surface area (Å²) < 4.78 is 1.80. The normalized spacial score (nSPS) is 11.6. The standard InChI is InChI=1S/C60H34N8O8S4/c69-57(70)36-21-7-11-25-41(36)77-45-29-40-46(48(79-43-27-13-9-23-38(43)59(73)74)47(45)78-42-26-12-8-22-37(42)58(71)72)54-64-50-31-16-2-4-18-33(31)52(62-50)67-56-35-20-6-5-19-34(35)55(68(56)80-44-28-14-10-24-39(44)60(75)76)66-51-32-17-3-1-15-30(32)49(61-51)63-53(40)65-54/h1-29H,(H,69,70)(H,71,72)(H,73,74)(H,75,76)(H,61,62,63,64,65,66,67). The monoisotopic (exact) mass is 1120 g/mol. The van der Waals surface area contributed by atoms with Gasteiger partial charge in [-0.3, -0.25) is 0 Å². The second-order valence-electron chi connectivity index (χ2n) is 17.9. The lowest BCUT2D eigenvalue weighted by Crippen LogP contribution is -2.00. The van der Waals surface area contributed by atoms with Gasteiger partial charge in [0.2, 0.25) is 0 Å². The van der Waals surface area contributed by atoms with Gasteiger partial charge in [-0.15, -0.1) is 0 Å². The van der Waals surface area contributed by atoms with Gasteiger partial charge in [-0.2, -0.15) is 0 Å². The van der Waals surface area contributed by atoms with Gasteiger partial charge >= 0.3 is 23.9 Å². The highest BCUT2D eigenvalue weighted by atomic mass is 32.2. The van der Waals surface area contributed by atoms with Crippen LogP contribution in [-0.2, 0) is 0 Å². The van der Waals surface area contributed by atoms with Crippen LogP contribution in [0.5, 0.6) is 0 Å². The molecule has 0 unspecified atom stereocenters. The molecule has 8 aromatic carbocycles. The van der Waals surface area contributed by atoms with Crippen molar-refractivity contribution in [2.45, 2.75) is 34.3 Å². The molecule has 13 rings (SSSR count). The van der Waals surface area contributed by atoms with Crippen molar-refractivity contribution in [3.63, 3.8) is 0 Å². The summed E-state index contributed by atoms with van der Waals surface area (Å²) in [4.78, 5) is 89.6. The van der Waals surface area contributed by atoms with Crippen molar-refractivity contribution in [2.75, 3.05) is 0 Å². The number of hydrogen-bond acceptors (Lipinski definition) is 14. The molecule has 0 radical (unpaired) electrons. The first kappa shape index (κ1) is 49.9. The maximum absolute atomic E-state index is 13.0. The number of aromatic nitrogens is 8. The maximum atomic E-state index is 13.0. The number of H-pyrrole nitrogens is 1. The van der Waals surface area contributed by atoms with E-state index in [-0.39, 0.29) is 51.0 Å². The van der Waals surface area contributed by atoms with Crippen molar-refractivity contribution in [1.82, 2.24) is 38.9 Å². The van der Waals surface area contributed by atoms with Gasteiger partial charge in [0.15, 0.2) is 34.6 Å². The van der Waals surface area contributed by atoms with Gasteiger partial charge in [0.25, 0.3) is 0 Å². The van der Waals surface area contributed by atoms with Crippen LogP contribution in [0, 0.1) is 0 Å². The van der Waals surface area contributed by atoms with E-state index in [9.17, 15) is 39.6 Å². The zero-order valence-corrected chi connectivity index (χ0v) is 44.2. The number of carboxylic acids is 4. The molecule has 11 aromatic rings. The second kappa shape index (κ2) is 20.3. The molecule has 3 aromatic heterocycles. The molecule has 0 fully saturated rings. The first-order valence-electron chi connectivity index (χ1n) is 24.3. The fourth-order valence-electron chi connectivity index (χ4n) is 9.51. The lowest BCUT2D eigenvalue weighted by molar-refractivity contribution is 0.0682. The van der Waals surface area contributed by atoms with Crippen molar-refractivity contribution >= 4 is 115 Å². The Morgan fingerprint density at radius 1 is 0.362 bits per heavy atom. The van der Waals surface area contributed by atoms with Crippen molar-refractivity contribution in [3.8, 4) is 45.6 Å². The van der Waals surface area contributed by atoms with Gasteiger partial charge in [0.05, 0.1) is 22.3 Å². The highest BCUT2D eigenvalue weighted by molar-refractivity contribution is 8.04. The fourth-order valence-corrected chi connectivity index (χ4v) is 14.3. The number of hydrogen-bond donors (Lipinski definition) is 5. The van der Waals surface area contributed by atoms with Crippen LogP contribution in [0.25, 0.3) is 89.7 Å². The van der Waals surface area contributed by atoms with Gasteiger partial charge in [-0.05, 0) is 66.5 Å². The molecule has 0 amide bonds. The number of benzene rings is 8. The third-order valence-electron chi connectivity index (χ3n) is 13.1. The molecule has 5 N–H and O–H groups in total. The number of nitrogens with one attached hydrogen (secondary N) is 1. The van der Waals surface area contributed by atoms with Crippen LogP contribution in [-0.4, -0.2) is 83.2 Å². The lowest BCUT2D eigenvalue weighted by Gasteiger charge is -2.18. The Hall–Kier alpha value is -9.60. The zero-order chi connectivity index (χ0) is 54.8. The van der Waals surface area contributed by atoms with E-state index >= 15 is 0 Å². The summed E-state index contributed by atoms with van der Waals surface area (Å²) >= 11 is 4.56. The number of fused-ring (bicyclic) bond motifs is 20. The first-order chi connectivity index (χ1) is 39.0. The number of carbonyl (C=O) groups is 4. The molecule has 8 bridgehead atoms. The number of aromatic carboxylic acids is 4. The number of aromatic amines is 1.